The molecule has 2 aromatic rings. The quantitative estimate of drug-likeness (QED) is 0.888. The molecule has 0 radical (unpaired) electrons. The zero-order chi connectivity index (χ0) is 13.7. The van der Waals surface area contributed by atoms with Crippen molar-refractivity contribution in [2.75, 3.05) is 13.7 Å². The zero-order valence-electron chi connectivity index (χ0n) is 11.9. The van der Waals surface area contributed by atoms with Crippen molar-refractivity contribution >= 4 is 12.4 Å². The first-order valence-electron chi connectivity index (χ1n) is 6.46. The number of aromatic nitrogens is 2. The Morgan fingerprint density at radius 1 is 1.40 bits per heavy atom. The van der Waals surface area contributed by atoms with Crippen LogP contribution in [0.25, 0.3) is 11.5 Å². The van der Waals surface area contributed by atoms with Crippen LogP contribution in [0.1, 0.15) is 19.7 Å². The molecule has 20 heavy (non-hydrogen) atoms. The summed E-state index contributed by atoms with van der Waals surface area (Å²) >= 11 is 0. The van der Waals surface area contributed by atoms with Gasteiger partial charge in [0.25, 0.3) is 5.89 Å². The van der Waals surface area contributed by atoms with Gasteiger partial charge in [0, 0.05) is 18.0 Å². The van der Waals surface area contributed by atoms with Crippen LogP contribution in [-0.4, -0.2) is 29.8 Å². The number of rotatable bonds is 6. The molecule has 5 nitrogen and oxygen atoms in total. The lowest BCUT2D eigenvalue weighted by molar-refractivity contribution is 0.340. The molecule has 0 aliphatic heterocycles. The first kappa shape index (κ1) is 16.5. The van der Waals surface area contributed by atoms with E-state index in [0.29, 0.717) is 24.4 Å². The van der Waals surface area contributed by atoms with Crippen LogP contribution in [0.2, 0.25) is 0 Å². The van der Waals surface area contributed by atoms with Gasteiger partial charge >= 0.3 is 0 Å². The predicted octanol–water partition coefficient (Wildman–Crippen LogP) is 2.71. The van der Waals surface area contributed by atoms with Crippen LogP contribution < -0.4 is 10.1 Å². The maximum Gasteiger partial charge on any atom is 0.258 e. The molecule has 1 atom stereocenters. The normalized spacial score (nSPS) is 11.8. The van der Waals surface area contributed by atoms with Crippen molar-refractivity contribution < 1.29 is 9.26 Å². The van der Waals surface area contributed by atoms with Crippen molar-refractivity contribution in [1.29, 1.82) is 0 Å². The van der Waals surface area contributed by atoms with Gasteiger partial charge in [-0.1, -0.05) is 11.2 Å². The zero-order valence-corrected chi connectivity index (χ0v) is 12.7. The van der Waals surface area contributed by atoms with Gasteiger partial charge in [0.15, 0.2) is 5.82 Å². The minimum Gasteiger partial charge on any atom is -0.494 e. The average Bonchev–Trinajstić information content (AvgIpc) is 2.88. The number of nitrogens with one attached hydrogen (secondary N) is 1. The highest BCUT2D eigenvalue weighted by Gasteiger charge is 2.11. The Balaban J connectivity index is 0.00000200. The molecule has 0 aliphatic carbocycles. The van der Waals surface area contributed by atoms with E-state index in [4.69, 9.17) is 9.26 Å². The minimum absolute atomic E-state index is 0. The summed E-state index contributed by atoms with van der Waals surface area (Å²) in [4.78, 5) is 4.40. The van der Waals surface area contributed by atoms with Gasteiger partial charge in [-0.2, -0.15) is 4.98 Å². The van der Waals surface area contributed by atoms with E-state index in [9.17, 15) is 0 Å². The van der Waals surface area contributed by atoms with Crippen LogP contribution >= 0.6 is 12.4 Å². The first-order chi connectivity index (χ1) is 9.22. The van der Waals surface area contributed by atoms with Crippen molar-refractivity contribution in [3.05, 3.63) is 30.1 Å². The molecular weight excluding hydrogens is 278 g/mol. The van der Waals surface area contributed by atoms with Crippen molar-refractivity contribution in [3.8, 4) is 17.2 Å². The second-order valence-electron chi connectivity index (χ2n) is 4.37. The molecule has 2 rings (SSSR count). The summed E-state index contributed by atoms with van der Waals surface area (Å²) in [7, 11) is 1.91. The van der Waals surface area contributed by atoms with Gasteiger partial charge in [-0.05, 0) is 39.1 Å². The third-order valence-corrected chi connectivity index (χ3v) is 2.84. The van der Waals surface area contributed by atoms with Crippen LogP contribution in [0.5, 0.6) is 5.75 Å². The second kappa shape index (κ2) is 7.87. The van der Waals surface area contributed by atoms with Gasteiger partial charge in [0.1, 0.15) is 5.75 Å². The highest BCUT2D eigenvalue weighted by molar-refractivity contribution is 5.85. The van der Waals surface area contributed by atoms with E-state index in [0.717, 1.165) is 17.7 Å². The molecule has 0 bridgehead atoms. The second-order valence-corrected chi connectivity index (χ2v) is 4.37. The number of halogens is 1. The Hall–Kier alpha value is -1.59. The van der Waals surface area contributed by atoms with Crippen molar-refractivity contribution in [2.45, 2.75) is 26.3 Å². The fourth-order valence-corrected chi connectivity index (χ4v) is 1.72. The van der Waals surface area contributed by atoms with Crippen LogP contribution in [0.15, 0.2) is 28.8 Å². The largest absolute Gasteiger partial charge is 0.494 e. The molecule has 1 N–H and O–H groups in total. The van der Waals surface area contributed by atoms with Crippen molar-refractivity contribution in [3.63, 3.8) is 0 Å². The highest BCUT2D eigenvalue weighted by Crippen LogP contribution is 2.22. The minimum atomic E-state index is 0. The Morgan fingerprint density at radius 2 is 2.20 bits per heavy atom. The summed E-state index contributed by atoms with van der Waals surface area (Å²) in [6.45, 7) is 4.67. The molecule has 1 aromatic carbocycles. The molecule has 0 spiro atoms. The SMILES string of the molecule is CCOc1cccc(-c2nc(CC(C)NC)no2)c1.Cl. The van der Waals surface area contributed by atoms with Gasteiger partial charge in [0.05, 0.1) is 6.61 Å². The van der Waals surface area contributed by atoms with Crippen molar-refractivity contribution in [2.24, 2.45) is 0 Å². The molecule has 0 amide bonds. The van der Waals surface area contributed by atoms with E-state index in [1.54, 1.807) is 0 Å². The Bertz CT molecular complexity index is 531. The van der Waals surface area contributed by atoms with E-state index in [-0.39, 0.29) is 12.4 Å². The molecule has 1 aromatic heterocycles. The van der Waals surface area contributed by atoms with Gasteiger partial charge < -0.3 is 14.6 Å². The maximum absolute atomic E-state index is 5.46. The summed E-state index contributed by atoms with van der Waals surface area (Å²) in [5.41, 5.74) is 0.877. The van der Waals surface area contributed by atoms with Gasteiger partial charge in [-0.15, -0.1) is 12.4 Å². The number of benzene rings is 1. The standard InChI is InChI=1S/C14H19N3O2.ClH/c1-4-18-12-7-5-6-11(9-12)14-16-13(17-19-14)8-10(2)15-3;/h5-7,9-10,15H,4,8H2,1-3H3;1H. The Morgan fingerprint density at radius 3 is 2.90 bits per heavy atom. The highest BCUT2D eigenvalue weighted by atomic mass is 35.5. The van der Waals surface area contributed by atoms with E-state index in [1.165, 1.54) is 0 Å². The third-order valence-electron chi connectivity index (χ3n) is 2.84. The summed E-state index contributed by atoms with van der Waals surface area (Å²) in [6.07, 6.45) is 0.741. The van der Waals surface area contributed by atoms with E-state index < -0.39 is 0 Å². The van der Waals surface area contributed by atoms with Gasteiger partial charge in [-0.3, -0.25) is 0 Å². The molecule has 0 aliphatic rings. The van der Waals surface area contributed by atoms with Crippen LogP contribution in [-0.2, 0) is 6.42 Å². The third kappa shape index (κ3) is 4.21. The summed E-state index contributed by atoms with van der Waals surface area (Å²) in [6, 6.07) is 7.98. The lowest BCUT2D eigenvalue weighted by Gasteiger charge is -2.04. The fraction of sp³-hybridized carbons (Fsp3) is 0.429. The molecule has 0 saturated carbocycles. The maximum atomic E-state index is 5.46. The molecule has 0 fully saturated rings. The molecule has 1 heterocycles. The molecule has 6 heteroatoms. The van der Waals surface area contributed by atoms with Crippen LogP contribution in [0.3, 0.4) is 0 Å². The lowest BCUT2D eigenvalue weighted by Crippen LogP contribution is -2.24. The average molecular weight is 298 g/mol. The topological polar surface area (TPSA) is 60.2 Å². The van der Waals surface area contributed by atoms with Crippen LogP contribution in [0, 0.1) is 0 Å². The van der Waals surface area contributed by atoms with Gasteiger partial charge in [0.2, 0.25) is 0 Å². The molecular formula is C14H20ClN3O2. The van der Waals surface area contributed by atoms with Crippen molar-refractivity contribution in [1.82, 2.24) is 15.5 Å². The Labute approximate surface area is 125 Å². The summed E-state index contributed by atoms with van der Waals surface area (Å²) in [5, 5.41) is 7.14. The van der Waals surface area contributed by atoms with E-state index in [1.807, 2.05) is 38.2 Å². The van der Waals surface area contributed by atoms with E-state index >= 15 is 0 Å². The first-order valence-corrected chi connectivity index (χ1v) is 6.46. The number of nitrogens with zero attached hydrogens (tertiary/aromatic N) is 2. The molecule has 1 unspecified atom stereocenters. The number of hydrogen-bond acceptors (Lipinski definition) is 5. The Kier molecular flexibility index (Phi) is 6.48. The van der Waals surface area contributed by atoms with E-state index in [2.05, 4.69) is 22.4 Å². The fourth-order valence-electron chi connectivity index (χ4n) is 1.72. The summed E-state index contributed by atoms with van der Waals surface area (Å²) < 4.78 is 10.7. The molecule has 0 saturated heterocycles. The monoisotopic (exact) mass is 297 g/mol. The number of hydrogen-bond donors (Lipinski definition) is 1. The number of likely N-dealkylation sites (N-methyl/N-ethyl adjacent to an activating group) is 1. The predicted molar refractivity (Wildman–Crippen MR) is 80.4 cm³/mol. The smallest absolute Gasteiger partial charge is 0.258 e. The molecule has 110 valence electrons. The lowest BCUT2D eigenvalue weighted by atomic mass is 10.2. The van der Waals surface area contributed by atoms with Crippen LogP contribution in [0.4, 0.5) is 0 Å². The van der Waals surface area contributed by atoms with Gasteiger partial charge in [-0.25, -0.2) is 0 Å². The summed E-state index contributed by atoms with van der Waals surface area (Å²) in [5.74, 6) is 2.04. The number of ether oxygens (including phenoxy) is 1.